The number of nitrogens with one attached hydrogen (secondary N) is 1. The van der Waals surface area contributed by atoms with Crippen LogP contribution in [-0.4, -0.2) is 11.8 Å². The number of carbonyl (C=O) groups is 2. The highest BCUT2D eigenvalue weighted by molar-refractivity contribution is 6.31. The molecule has 0 radical (unpaired) electrons. The lowest BCUT2D eigenvalue weighted by molar-refractivity contribution is -0.117. The minimum Gasteiger partial charge on any atom is -0.267 e. The Bertz CT molecular complexity index is 735. The molecule has 1 saturated heterocycles. The standard InChI is InChI=1S/C17H14N2O2/c1-12-7-5-6-8-13(12)11-15-16(20)18-19(17(15)21)14-9-3-2-4-10-14/h2-11H,1H3,(H,18,20)/b15-11-. The summed E-state index contributed by atoms with van der Waals surface area (Å²) in [5.74, 6) is -0.721. The molecular formula is C17H14N2O2. The van der Waals surface area contributed by atoms with E-state index in [1.165, 1.54) is 5.01 Å². The van der Waals surface area contributed by atoms with Crippen molar-refractivity contribution in [2.75, 3.05) is 5.01 Å². The Labute approximate surface area is 122 Å². The van der Waals surface area contributed by atoms with Gasteiger partial charge < -0.3 is 0 Å². The minimum atomic E-state index is -0.382. The number of anilines is 1. The fraction of sp³-hybridized carbons (Fsp3) is 0.0588. The van der Waals surface area contributed by atoms with E-state index in [2.05, 4.69) is 5.43 Å². The average molecular weight is 278 g/mol. The fourth-order valence-corrected chi connectivity index (χ4v) is 2.22. The highest BCUT2D eigenvalue weighted by Gasteiger charge is 2.34. The van der Waals surface area contributed by atoms with Gasteiger partial charge in [0.1, 0.15) is 5.57 Å². The topological polar surface area (TPSA) is 49.4 Å². The maximum atomic E-state index is 12.4. The second-order valence-electron chi connectivity index (χ2n) is 4.83. The molecule has 104 valence electrons. The first-order valence-electron chi connectivity index (χ1n) is 6.64. The van der Waals surface area contributed by atoms with Crippen LogP contribution in [-0.2, 0) is 9.59 Å². The first kappa shape index (κ1) is 13.1. The Hall–Kier alpha value is -2.88. The van der Waals surface area contributed by atoms with Crippen molar-refractivity contribution in [1.82, 2.24) is 5.43 Å². The van der Waals surface area contributed by atoms with Gasteiger partial charge in [0.2, 0.25) is 0 Å². The predicted molar refractivity (Wildman–Crippen MR) is 81.2 cm³/mol. The zero-order valence-corrected chi connectivity index (χ0v) is 11.5. The summed E-state index contributed by atoms with van der Waals surface area (Å²) >= 11 is 0. The van der Waals surface area contributed by atoms with Crippen LogP contribution in [0.15, 0.2) is 60.2 Å². The molecule has 0 aliphatic carbocycles. The molecule has 4 heteroatoms. The molecule has 0 bridgehead atoms. The summed E-state index contributed by atoms with van der Waals surface area (Å²) in [4.78, 5) is 24.4. The molecule has 0 unspecified atom stereocenters. The molecule has 1 heterocycles. The van der Waals surface area contributed by atoms with Crippen molar-refractivity contribution in [3.05, 3.63) is 71.3 Å². The number of nitrogens with zero attached hydrogens (tertiary/aromatic N) is 1. The zero-order valence-electron chi connectivity index (χ0n) is 11.5. The Balaban J connectivity index is 1.97. The normalized spacial score (nSPS) is 16.4. The van der Waals surface area contributed by atoms with Gasteiger partial charge in [0.05, 0.1) is 5.69 Å². The number of para-hydroxylation sites is 1. The molecule has 4 nitrogen and oxygen atoms in total. The fourth-order valence-electron chi connectivity index (χ4n) is 2.22. The van der Waals surface area contributed by atoms with Gasteiger partial charge >= 0.3 is 0 Å². The molecule has 1 N–H and O–H groups in total. The summed E-state index contributed by atoms with van der Waals surface area (Å²) in [6, 6.07) is 16.7. The van der Waals surface area contributed by atoms with Crippen LogP contribution in [0, 0.1) is 6.92 Å². The smallest absolute Gasteiger partial charge is 0.267 e. The van der Waals surface area contributed by atoms with Gasteiger partial charge in [0.15, 0.2) is 0 Å². The molecule has 1 fully saturated rings. The van der Waals surface area contributed by atoms with E-state index in [0.29, 0.717) is 5.69 Å². The quantitative estimate of drug-likeness (QED) is 0.677. The van der Waals surface area contributed by atoms with Crippen molar-refractivity contribution in [2.45, 2.75) is 6.92 Å². The molecule has 1 aliphatic rings. The molecule has 0 aromatic heterocycles. The number of hydrazine groups is 1. The summed E-state index contributed by atoms with van der Waals surface area (Å²) in [5.41, 5.74) is 5.26. The zero-order chi connectivity index (χ0) is 14.8. The second-order valence-corrected chi connectivity index (χ2v) is 4.83. The molecule has 3 rings (SSSR count). The van der Waals surface area contributed by atoms with Gasteiger partial charge in [-0.05, 0) is 36.3 Å². The monoisotopic (exact) mass is 278 g/mol. The average Bonchev–Trinajstić information content (AvgIpc) is 2.78. The van der Waals surface area contributed by atoms with E-state index in [4.69, 9.17) is 0 Å². The minimum absolute atomic E-state index is 0.146. The molecule has 0 atom stereocenters. The molecule has 2 amide bonds. The van der Waals surface area contributed by atoms with Crippen molar-refractivity contribution in [2.24, 2.45) is 0 Å². The van der Waals surface area contributed by atoms with Crippen LogP contribution in [0.2, 0.25) is 0 Å². The summed E-state index contributed by atoms with van der Waals surface area (Å²) < 4.78 is 0. The predicted octanol–water partition coefficient (Wildman–Crippen LogP) is 2.46. The Morgan fingerprint density at radius 2 is 1.62 bits per heavy atom. The number of carbonyl (C=O) groups excluding carboxylic acids is 2. The second kappa shape index (κ2) is 5.25. The summed E-state index contributed by atoms with van der Waals surface area (Å²) in [7, 11) is 0. The van der Waals surface area contributed by atoms with Crippen LogP contribution in [0.25, 0.3) is 6.08 Å². The molecule has 2 aromatic rings. The van der Waals surface area contributed by atoms with Gasteiger partial charge in [0.25, 0.3) is 11.8 Å². The maximum absolute atomic E-state index is 12.4. The van der Waals surface area contributed by atoms with Gasteiger partial charge in [-0.15, -0.1) is 0 Å². The number of hydrogen-bond acceptors (Lipinski definition) is 2. The van der Waals surface area contributed by atoms with Crippen molar-refractivity contribution in [1.29, 1.82) is 0 Å². The number of rotatable bonds is 2. The van der Waals surface area contributed by atoms with E-state index in [9.17, 15) is 9.59 Å². The van der Waals surface area contributed by atoms with E-state index in [-0.39, 0.29) is 17.4 Å². The van der Waals surface area contributed by atoms with E-state index in [1.54, 1.807) is 18.2 Å². The van der Waals surface area contributed by atoms with Gasteiger partial charge in [0, 0.05) is 0 Å². The molecule has 0 spiro atoms. The highest BCUT2D eigenvalue weighted by Crippen LogP contribution is 2.21. The molecule has 21 heavy (non-hydrogen) atoms. The molecule has 2 aromatic carbocycles. The third kappa shape index (κ3) is 2.43. The lowest BCUT2D eigenvalue weighted by Gasteiger charge is -2.13. The number of hydrogen-bond donors (Lipinski definition) is 1. The van der Waals surface area contributed by atoms with E-state index in [0.717, 1.165) is 11.1 Å². The summed E-state index contributed by atoms with van der Waals surface area (Å²) in [5, 5.41) is 1.27. The summed E-state index contributed by atoms with van der Waals surface area (Å²) in [6.45, 7) is 1.94. The SMILES string of the molecule is Cc1ccccc1/C=C1/C(=O)NN(c2ccccc2)C1=O. The van der Waals surface area contributed by atoms with Gasteiger partial charge in [-0.3, -0.25) is 15.0 Å². The lowest BCUT2D eigenvalue weighted by atomic mass is 10.1. The molecule has 1 aliphatic heterocycles. The molecular weight excluding hydrogens is 264 g/mol. The van der Waals surface area contributed by atoms with Crippen LogP contribution in [0.1, 0.15) is 11.1 Å². The molecule has 0 saturated carbocycles. The van der Waals surface area contributed by atoms with E-state index >= 15 is 0 Å². The largest absolute Gasteiger partial charge is 0.282 e. The third-order valence-electron chi connectivity index (χ3n) is 3.39. The number of benzene rings is 2. The maximum Gasteiger partial charge on any atom is 0.282 e. The van der Waals surface area contributed by atoms with Crippen LogP contribution < -0.4 is 10.4 Å². The van der Waals surface area contributed by atoms with E-state index < -0.39 is 0 Å². The van der Waals surface area contributed by atoms with Crippen LogP contribution in [0.3, 0.4) is 0 Å². The number of amides is 2. The van der Waals surface area contributed by atoms with Gasteiger partial charge in [-0.1, -0.05) is 42.5 Å². The lowest BCUT2D eigenvalue weighted by Crippen LogP contribution is -2.35. The van der Waals surface area contributed by atoms with Gasteiger partial charge in [-0.25, -0.2) is 5.01 Å². The summed E-state index contributed by atoms with van der Waals surface area (Å²) in [6.07, 6.45) is 1.63. The van der Waals surface area contributed by atoms with Crippen molar-refractivity contribution >= 4 is 23.6 Å². The third-order valence-corrected chi connectivity index (χ3v) is 3.39. The van der Waals surface area contributed by atoms with Crippen LogP contribution >= 0.6 is 0 Å². The Morgan fingerprint density at radius 1 is 0.952 bits per heavy atom. The first-order valence-corrected chi connectivity index (χ1v) is 6.64. The van der Waals surface area contributed by atoms with Gasteiger partial charge in [-0.2, -0.15) is 0 Å². The van der Waals surface area contributed by atoms with Crippen LogP contribution in [0.4, 0.5) is 5.69 Å². The highest BCUT2D eigenvalue weighted by atomic mass is 16.2. The Morgan fingerprint density at radius 3 is 2.33 bits per heavy atom. The van der Waals surface area contributed by atoms with Crippen LogP contribution in [0.5, 0.6) is 0 Å². The first-order chi connectivity index (χ1) is 10.2. The van der Waals surface area contributed by atoms with Crippen molar-refractivity contribution in [3.63, 3.8) is 0 Å². The van der Waals surface area contributed by atoms with Crippen molar-refractivity contribution in [3.8, 4) is 0 Å². The number of aryl methyl sites for hydroxylation is 1. The Kier molecular flexibility index (Phi) is 3.28. The van der Waals surface area contributed by atoms with E-state index in [1.807, 2.05) is 49.4 Å². The van der Waals surface area contributed by atoms with Crippen molar-refractivity contribution < 1.29 is 9.59 Å².